The van der Waals surface area contributed by atoms with E-state index in [1.807, 2.05) is 0 Å². The topological polar surface area (TPSA) is 143 Å². The molecular formula is C13H18N4O6. The summed E-state index contributed by atoms with van der Waals surface area (Å²) >= 11 is 0. The van der Waals surface area contributed by atoms with Crippen molar-refractivity contribution in [3.05, 3.63) is 12.0 Å². The zero-order chi connectivity index (χ0) is 16.7. The van der Waals surface area contributed by atoms with E-state index < -0.39 is 12.2 Å². The normalized spacial score (nSPS) is 21.8. The first kappa shape index (κ1) is 16.9. The highest BCUT2D eigenvalue weighted by atomic mass is 16.6. The number of aromatic nitrogens is 2. The maximum absolute atomic E-state index is 10.3. The summed E-state index contributed by atoms with van der Waals surface area (Å²) in [4.78, 5) is 27.9. The zero-order valence-electron chi connectivity index (χ0n) is 12.3. The molecule has 1 fully saturated rings. The molecule has 126 valence electrons. The van der Waals surface area contributed by atoms with Gasteiger partial charge in [-0.1, -0.05) is 0 Å². The van der Waals surface area contributed by atoms with Crippen molar-refractivity contribution >= 4 is 12.4 Å². The minimum Gasteiger partial charge on any atom is -0.483 e. The lowest BCUT2D eigenvalue weighted by Gasteiger charge is -2.15. The molecule has 1 aromatic heterocycles. The minimum atomic E-state index is -1.04. The van der Waals surface area contributed by atoms with E-state index in [0.29, 0.717) is 50.8 Å². The van der Waals surface area contributed by atoms with Crippen molar-refractivity contribution < 1.29 is 29.3 Å². The van der Waals surface area contributed by atoms with Gasteiger partial charge in [-0.3, -0.25) is 4.79 Å². The highest BCUT2D eigenvalue weighted by molar-refractivity contribution is 5.69. The van der Waals surface area contributed by atoms with E-state index in [2.05, 4.69) is 20.6 Å². The minimum absolute atomic E-state index is 0.0195. The van der Waals surface area contributed by atoms with Gasteiger partial charge in [0.2, 0.25) is 0 Å². The molecule has 10 nitrogen and oxygen atoms in total. The molecule has 0 radical (unpaired) electrons. The van der Waals surface area contributed by atoms with Crippen molar-refractivity contribution in [2.24, 2.45) is 5.92 Å². The molecule has 3 rings (SSSR count). The number of nitrogens with zero attached hydrogens (tertiary/aromatic N) is 2. The number of aldehydes is 1. The lowest BCUT2D eigenvalue weighted by atomic mass is 10.1. The van der Waals surface area contributed by atoms with Crippen molar-refractivity contribution in [2.45, 2.75) is 6.10 Å². The molecule has 0 aliphatic carbocycles. The van der Waals surface area contributed by atoms with E-state index in [-0.39, 0.29) is 11.7 Å². The third-order valence-corrected chi connectivity index (χ3v) is 3.25. The molecular weight excluding hydrogens is 308 g/mol. The summed E-state index contributed by atoms with van der Waals surface area (Å²) in [5, 5.41) is 22.7. The Morgan fingerprint density at radius 3 is 2.87 bits per heavy atom. The number of fused-ring (bicyclic) bond motifs is 1. The number of carboxylic acid groups (broad SMARTS) is 1. The van der Waals surface area contributed by atoms with Crippen LogP contribution in [0.25, 0.3) is 0 Å². The number of carbonyl (C=O) groups is 2. The largest absolute Gasteiger partial charge is 0.483 e. The van der Waals surface area contributed by atoms with Crippen LogP contribution in [0, 0.1) is 5.92 Å². The van der Waals surface area contributed by atoms with Crippen LogP contribution in [-0.2, 0) is 0 Å². The Balaban J connectivity index is 0.000000168. The van der Waals surface area contributed by atoms with E-state index >= 15 is 0 Å². The number of hydrogen-bond acceptors (Lipinski definition) is 8. The second-order valence-corrected chi connectivity index (χ2v) is 4.88. The molecule has 1 saturated heterocycles. The van der Waals surface area contributed by atoms with Gasteiger partial charge in [-0.2, -0.15) is 4.98 Å². The second kappa shape index (κ2) is 8.25. The number of ether oxygens (including phenoxy) is 2. The number of nitrogens with one attached hydrogen (secondary N) is 2. The van der Waals surface area contributed by atoms with Gasteiger partial charge in [0.05, 0.1) is 12.3 Å². The fourth-order valence-corrected chi connectivity index (χ4v) is 2.06. The molecule has 2 aliphatic heterocycles. The summed E-state index contributed by atoms with van der Waals surface area (Å²) in [6.45, 7) is 2.52. The van der Waals surface area contributed by atoms with E-state index in [0.717, 1.165) is 0 Å². The van der Waals surface area contributed by atoms with Gasteiger partial charge in [-0.25, -0.2) is 9.78 Å². The van der Waals surface area contributed by atoms with Crippen LogP contribution in [0.5, 0.6) is 11.6 Å². The quantitative estimate of drug-likeness (QED) is 0.509. The fourth-order valence-electron chi connectivity index (χ4n) is 2.06. The molecule has 1 aromatic rings. The first-order valence-corrected chi connectivity index (χ1v) is 7.03. The van der Waals surface area contributed by atoms with Crippen molar-refractivity contribution in [3.8, 4) is 11.6 Å². The van der Waals surface area contributed by atoms with Gasteiger partial charge in [0.15, 0.2) is 17.9 Å². The fraction of sp³-hybridized carbons (Fsp3) is 0.538. The number of β-amino-alcohol motifs (C(OH)–C–C–N with tert-alkyl or cyclic N) is 1. The Kier molecular flexibility index (Phi) is 6.06. The van der Waals surface area contributed by atoms with Crippen molar-refractivity contribution in [2.75, 3.05) is 32.8 Å². The van der Waals surface area contributed by atoms with Gasteiger partial charge in [0.1, 0.15) is 13.2 Å². The van der Waals surface area contributed by atoms with Crippen LogP contribution in [-0.4, -0.2) is 71.5 Å². The van der Waals surface area contributed by atoms with Crippen molar-refractivity contribution in [1.82, 2.24) is 20.6 Å². The first-order chi connectivity index (χ1) is 11.1. The SMILES string of the molecule is O=C(O)NC[C@H]1CNC[C@H]1O.O=Cc1ncc2c(n1)OCCO2. The molecule has 1 amide bonds. The number of carbonyl (C=O) groups excluding carboxylic acids is 1. The summed E-state index contributed by atoms with van der Waals surface area (Å²) < 4.78 is 10.3. The maximum Gasteiger partial charge on any atom is 0.404 e. The summed E-state index contributed by atoms with van der Waals surface area (Å²) in [5.41, 5.74) is 0. The monoisotopic (exact) mass is 326 g/mol. The highest BCUT2D eigenvalue weighted by Crippen LogP contribution is 2.25. The van der Waals surface area contributed by atoms with Gasteiger partial charge >= 0.3 is 6.09 Å². The Labute approximate surface area is 131 Å². The van der Waals surface area contributed by atoms with Crippen LogP contribution in [0.2, 0.25) is 0 Å². The number of aliphatic hydroxyl groups is 1. The third kappa shape index (κ3) is 5.04. The van der Waals surface area contributed by atoms with Crippen LogP contribution in [0.1, 0.15) is 10.6 Å². The second-order valence-electron chi connectivity index (χ2n) is 4.88. The van der Waals surface area contributed by atoms with Crippen LogP contribution in [0.3, 0.4) is 0 Å². The van der Waals surface area contributed by atoms with Crippen LogP contribution in [0.4, 0.5) is 4.79 Å². The molecule has 0 unspecified atom stereocenters. The molecule has 0 bridgehead atoms. The standard InChI is InChI=1S/C7H6N2O3.C6H12N2O3/c10-4-6-8-3-5-7(9-6)12-2-1-11-5;9-5-3-7-1-4(5)2-8-6(10)11/h3-4H,1-2H2;4-5,7-9H,1-3H2,(H,10,11)/t;4-,5-/m.1/s1. The molecule has 0 saturated carbocycles. The third-order valence-electron chi connectivity index (χ3n) is 3.25. The summed E-state index contributed by atoms with van der Waals surface area (Å²) in [5.74, 6) is 0.968. The van der Waals surface area contributed by atoms with Gasteiger partial charge in [-0.05, 0) is 0 Å². The van der Waals surface area contributed by atoms with E-state index in [1.165, 1.54) is 6.20 Å². The van der Waals surface area contributed by atoms with E-state index in [1.54, 1.807) is 0 Å². The summed E-state index contributed by atoms with van der Waals surface area (Å²) in [6.07, 6.45) is 0.551. The Hall–Kier alpha value is -2.46. The lowest BCUT2D eigenvalue weighted by Crippen LogP contribution is -2.33. The molecule has 10 heteroatoms. The highest BCUT2D eigenvalue weighted by Gasteiger charge is 2.24. The zero-order valence-corrected chi connectivity index (χ0v) is 12.3. The Bertz CT molecular complexity index is 555. The van der Waals surface area contributed by atoms with E-state index in [4.69, 9.17) is 14.6 Å². The first-order valence-electron chi connectivity index (χ1n) is 7.03. The van der Waals surface area contributed by atoms with Crippen molar-refractivity contribution in [1.29, 1.82) is 0 Å². The molecule has 23 heavy (non-hydrogen) atoms. The van der Waals surface area contributed by atoms with Gasteiger partial charge in [-0.15, -0.1) is 0 Å². The van der Waals surface area contributed by atoms with Gasteiger partial charge < -0.3 is 30.3 Å². The predicted molar refractivity (Wildman–Crippen MR) is 76.8 cm³/mol. The average molecular weight is 326 g/mol. The number of amides is 1. The lowest BCUT2D eigenvalue weighted by molar-refractivity contribution is 0.111. The smallest absolute Gasteiger partial charge is 0.404 e. The number of rotatable bonds is 3. The summed E-state index contributed by atoms with van der Waals surface area (Å²) in [6, 6.07) is 0. The molecule has 0 spiro atoms. The van der Waals surface area contributed by atoms with E-state index in [9.17, 15) is 14.7 Å². The Morgan fingerprint density at radius 1 is 1.43 bits per heavy atom. The Morgan fingerprint density at radius 2 is 2.22 bits per heavy atom. The number of aliphatic hydroxyl groups excluding tert-OH is 1. The van der Waals surface area contributed by atoms with Crippen LogP contribution in [0.15, 0.2) is 6.20 Å². The molecule has 0 aromatic carbocycles. The average Bonchev–Trinajstić information content (AvgIpc) is 2.98. The molecule has 3 heterocycles. The molecule has 2 atom stereocenters. The summed E-state index contributed by atoms with van der Waals surface area (Å²) in [7, 11) is 0. The van der Waals surface area contributed by atoms with Crippen LogP contribution >= 0.6 is 0 Å². The van der Waals surface area contributed by atoms with Gasteiger partial charge in [0, 0.05) is 25.6 Å². The maximum atomic E-state index is 10.3. The number of hydrogen-bond donors (Lipinski definition) is 4. The molecule has 4 N–H and O–H groups in total. The molecule has 2 aliphatic rings. The predicted octanol–water partition coefficient (Wildman–Crippen LogP) is -1.11. The van der Waals surface area contributed by atoms with Crippen LogP contribution < -0.4 is 20.1 Å². The van der Waals surface area contributed by atoms with Gasteiger partial charge in [0.25, 0.3) is 5.88 Å². The van der Waals surface area contributed by atoms with Crippen molar-refractivity contribution in [3.63, 3.8) is 0 Å².